The number of hydrogen-bond acceptors (Lipinski definition) is 2. The lowest BCUT2D eigenvalue weighted by Crippen LogP contribution is -2.23. The first-order valence-electron chi connectivity index (χ1n) is 5.85. The number of benzene rings is 1. The van der Waals surface area contributed by atoms with Gasteiger partial charge in [0.25, 0.3) is 0 Å². The number of rotatable bonds is 3. The molecular formula is C14H18N2O2. The van der Waals surface area contributed by atoms with E-state index >= 15 is 0 Å². The van der Waals surface area contributed by atoms with Crippen LogP contribution in [0.2, 0.25) is 0 Å². The van der Waals surface area contributed by atoms with Crippen molar-refractivity contribution in [2.24, 2.45) is 7.05 Å². The molecule has 1 heterocycles. The first-order chi connectivity index (χ1) is 8.54. The summed E-state index contributed by atoms with van der Waals surface area (Å²) in [4.78, 5) is 13.4. The second-order valence-electron chi connectivity index (χ2n) is 4.58. The molecule has 0 atom stereocenters. The van der Waals surface area contributed by atoms with Gasteiger partial charge in [-0.1, -0.05) is 6.07 Å². The van der Waals surface area contributed by atoms with Gasteiger partial charge in [0.05, 0.1) is 19.0 Å². The largest absolute Gasteiger partial charge is 0.496 e. The number of ether oxygens (including phenoxy) is 1. The fourth-order valence-electron chi connectivity index (χ4n) is 2.13. The molecule has 0 aliphatic carbocycles. The summed E-state index contributed by atoms with van der Waals surface area (Å²) < 4.78 is 7.41. The first-order valence-corrected chi connectivity index (χ1v) is 5.85. The Hall–Kier alpha value is -1.97. The molecular weight excluding hydrogens is 228 g/mol. The lowest BCUT2D eigenvalue weighted by Gasteiger charge is -2.10. The van der Waals surface area contributed by atoms with Crippen LogP contribution in [0.5, 0.6) is 5.75 Å². The maximum atomic E-state index is 11.8. The zero-order chi connectivity index (χ0) is 13.3. The molecule has 0 bridgehead atoms. The number of amides is 1. The number of methoxy groups -OCH3 is 1. The highest BCUT2D eigenvalue weighted by Gasteiger charge is 2.15. The van der Waals surface area contributed by atoms with Crippen LogP contribution in [0, 0.1) is 0 Å². The van der Waals surface area contributed by atoms with E-state index < -0.39 is 0 Å². The van der Waals surface area contributed by atoms with Crippen LogP contribution in [0.3, 0.4) is 0 Å². The molecule has 0 fully saturated rings. The van der Waals surface area contributed by atoms with Gasteiger partial charge in [-0.05, 0) is 17.7 Å². The molecule has 96 valence electrons. The van der Waals surface area contributed by atoms with E-state index in [1.165, 1.54) is 0 Å². The standard InChI is InChI=1S/C14H18N2O2/c1-15(2)13(17)8-10-9-16(3)11-6-5-7-12(18-4)14(10)11/h5-7,9H,8H2,1-4H3. The fourth-order valence-corrected chi connectivity index (χ4v) is 2.13. The number of aryl methyl sites for hydroxylation is 1. The predicted molar refractivity (Wildman–Crippen MR) is 71.9 cm³/mol. The Morgan fingerprint density at radius 3 is 2.72 bits per heavy atom. The molecule has 4 heteroatoms. The summed E-state index contributed by atoms with van der Waals surface area (Å²) in [6.07, 6.45) is 2.39. The minimum absolute atomic E-state index is 0.0911. The third-order valence-corrected chi connectivity index (χ3v) is 3.12. The SMILES string of the molecule is COc1cccc2c1c(CC(=O)N(C)C)cn2C. The molecule has 0 radical (unpaired) electrons. The van der Waals surface area contributed by atoms with Gasteiger partial charge < -0.3 is 14.2 Å². The molecule has 0 aliphatic heterocycles. The molecule has 1 amide bonds. The number of fused-ring (bicyclic) bond motifs is 1. The zero-order valence-electron chi connectivity index (χ0n) is 11.2. The van der Waals surface area contributed by atoms with Crippen LogP contribution in [0.15, 0.2) is 24.4 Å². The Labute approximate surface area is 107 Å². The monoisotopic (exact) mass is 246 g/mol. The molecule has 0 aliphatic rings. The van der Waals surface area contributed by atoms with Gasteiger partial charge >= 0.3 is 0 Å². The average Bonchev–Trinajstić information content (AvgIpc) is 2.66. The number of hydrogen-bond donors (Lipinski definition) is 0. The third kappa shape index (κ3) is 2.06. The highest BCUT2D eigenvalue weighted by atomic mass is 16.5. The van der Waals surface area contributed by atoms with Crippen LogP contribution in [-0.2, 0) is 18.3 Å². The highest BCUT2D eigenvalue weighted by Crippen LogP contribution is 2.30. The average molecular weight is 246 g/mol. The highest BCUT2D eigenvalue weighted by molar-refractivity contribution is 5.93. The molecule has 2 rings (SSSR count). The second kappa shape index (κ2) is 4.72. The third-order valence-electron chi connectivity index (χ3n) is 3.12. The van der Waals surface area contributed by atoms with Crippen LogP contribution in [0.1, 0.15) is 5.56 Å². The van der Waals surface area contributed by atoms with Crippen LogP contribution < -0.4 is 4.74 Å². The van der Waals surface area contributed by atoms with E-state index in [1.807, 2.05) is 36.0 Å². The van der Waals surface area contributed by atoms with Gasteiger partial charge in [-0.25, -0.2) is 0 Å². The first kappa shape index (κ1) is 12.5. The lowest BCUT2D eigenvalue weighted by molar-refractivity contribution is -0.127. The predicted octanol–water partition coefficient (Wildman–Crippen LogP) is 1.82. The molecule has 0 unspecified atom stereocenters. The Morgan fingerprint density at radius 2 is 2.11 bits per heavy atom. The summed E-state index contributed by atoms with van der Waals surface area (Å²) in [6.45, 7) is 0. The molecule has 1 aromatic carbocycles. The number of nitrogens with zero attached hydrogens (tertiary/aromatic N) is 2. The van der Waals surface area contributed by atoms with Crippen LogP contribution in [0.25, 0.3) is 10.9 Å². The van der Waals surface area contributed by atoms with Crippen molar-refractivity contribution in [2.75, 3.05) is 21.2 Å². The normalized spacial score (nSPS) is 10.7. The number of aromatic nitrogens is 1. The molecule has 2 aromatic rings. The fraction of sp³-hybridized carbons (Fsp3) is 0.357. The van der Waals surface area contributed by atoms with Crippen molar-refractivity contribution in [1.82, 2.24) is 9.47 Å². The summed E-state index contributed by atoms with van der Waals surface area (Å²) in [5.41, 5.74) is 2.08. The lowest BCUT2D eigenvalue weighted by atomic mass is 10.1. The molecule has 1 aromatic heterocycles. The van der Waals surface area contributed by atoms with Crippen molar-refractivity contribution in [1.29, 1.82) is 0 Å². The number of carbonyl (C=O) groups is 1. The topological polar surface area (TPSA) is 34.5 Å². The van der Waals surface area contributed by atoms with Crippen molar-refractivity contribution in [3.8, 4) is 5.75 Å². The smallest absolute Gasteiger partial charge is 0.226 e. The van der Waals surface area contributed by atoms with E-state index in [0.29, 0.717) is 6.42 Å². The van der Waals surface area contributed by atoms with Crippen molar-refractivity contribution in [2.45, 2.75) is 6.42 Å². The summed E-state index contributed by atoms with van der Waals surface area (Å²) in [6, 6.07) is 5.91. The Balaban J connectivity index is 2.54. The summed E-state index contributed by atoms with van der Waals surface area (Å²) in [7, 11) is 7.17. The van der Waals surface area contributed by atoms with E-state index in [4.69, 9.17) is 4.74 Å². The van der Waals surface area contributed by atoms with Crippen molar-refractivity contribution in [3.05, 3.63) is 30.0 Å². The van der Waals surface area contributed by atoms with Gasteiger partial charge in [0.1, 0.15) is 5.75 Å². The number of carbonyl (C=O) groups excluding carboxylic acids is 1. The Kier molecular flexibility index (Phi) is 3.28. The molecule has 0 saturated heterocycles. The van der Waals surface area contributed by atoms with Gasteiger partial charge in [0.2, 0.25) is 5.91 Å². The molecule has 0 saturated carbocycles. The van der Waals surface area contributed by atoms with E-state index in [1.54, 1.807) is 26.1 Å². The quantitative estimate of drug-likeness (QED) is 0.828. The van der Waals surface area contributed by atoms with Gasteiger partial charge in [0, 0.05) is 32.7 Å². The van der Waals surface area contributed by atoms with E-state index in [9.17, 15) is 4.79 Å². The van der Waals surface area contributed by atoms with Gasteiger partial charge in [-0.3, -0.25) is 4.79 Å². The van der Waals surface area contributed by atoms with Crippen molar-refractivity contribution < 1.29 is 9.53 Å². The van der Waals surface area contributed by atoms with Crippen LogP contribution >= 0.6 is 0 Å². The van der Waals surface area contributed by atoms with Gasteiger partial charge in [-0.2, -0.15) is 0 Å². The summed E-state index contributed by atoms with van der Waals surface area (Å²) in [5, 5.41) is 1.03. The van der Waals surface area contributed by atoms with Crippen molar-refractivity contribution in [3.63, 3.8) is 0 Å². The zero-order valence-corrected chi connectivity index (χ0v) is 11.2. The minimum atomic E-state index is 0.0911. The maximum Gasteiger partial charge on any atom is 0.226 e. The molecule has 4 nitrogen and oxygen atoms in total. The Bertz CT molecular complexity index is 585. The van der Waals surface area contributed by atoms with E-state index in [2.05, 4.69) is 0 Å². The second-order valence-corrected chi connectivity index (χ2v) is 4.58. The van der Waals surface area contributed by atoms with Crippen molar-refractivity contribution >= 4 is 16.8 Å². The van der Waals surface area contributed by atoms with E-state index in [-0.39, 0.29) is 5.91 Å². The Morgan fingerprint density at radius 1 is 1.39 bits per heavy atom. The number of likely N-dealkylation sites (N-methyl/N-ethyl adjacent to an activating group) is 1. The molecule has 18 heavy (non-hydrogen) atoms. The summed E-state index contributed by atoms with van der Waals surface area (Å²) >= 11 is 0. The molecule has 0 N–H and O–H groups in total. The van der Waals surface area contributed by atoms with E-state index in [0.717, 1.165) is 22.2 Å². The summed E-state index contributed by atoms with van der Waals surface area (Å²) in [5.74, 6) is 0.906. The minimum Gasteiger partial charge on any atom is -0.496 e. The maximum absolute atomic E-state index is 11.8. The molecule has 0 spiro atoms. The van der Waals surface area contributed by atoms with Gasteiger partial charge in [-0.15, -0.1) is 0 Å². The van der Waals surface area contributed by atoms with Crippen LogP contribution in [0.4, 0.5) is 0 Å². The van der Waals surface area contributed by atoms with Gasteiger partial charge in [0.15, 0.2) is 0 Å². The van der Waals surface area contributed by atoms with Crippen LogP contribution in [-0.4, -0.2) is 36.6 Å².